The van der Waals surface area contributed by atoms with Crippen molar-refractivity contribution in [1.29, 1.82) is 0 Å². The minimum Gasteiger partial charge on any atom is -0.346 e. The first-order valence-corrected chi connectivity index (χ1v) is 1.50. The van der Waals surface area contributed by atoms with Crippen molar-refractivity contribution in [3.63, 3.8) is 0 Å². The maximum absolute atomic E-state index is 3.54. The van der Waals surface area contributed by atoms with E-state index in [9.17, 15) is 0 Å². The Morgan fingerprint density at radius 3 is 1.20 bits per heavy atom. The maximum atomic E-state index is 3.54. The summed E-state index contributed by atoms with van der Waals surface area (Å²) in [5, 5.41) is 0. The van der Waals surface area contributed by atoms with E-state index in [-0.39, 0.29) is 51.4 Å². The van der Waals surface area contributed by atoms with Gasteiger partial charge in [-0.25, -0.2) is 12.8 Å². The Morgan fingerprint density at radius 1 is 1.00 bits per heavy atom. The average molecular weight is 95.2 g/mol. The second kappa shape index (κ2) is 9.16. The van der Waals surface area contributed by atoms with Crippen LogP contribution in [0.15, 0.2) is 0 Å². The first-order chi connectivity index (χ1) is 1.91. The standard InChI is InChI=1S/C4H8.K/c1-3-4-2;/h1-4H2;/q-2;+1. The molecular weight excluding hydrogens is 87.1 g/mol. The minimum atomic E-state index is 0. The fourth-order valence-electron chi connectivity index (χ4n) is 0. The maximum Gasteiger partial charge on any atom is 1.00 e. The molecule has 0 atom stereocenters. The van der Waals surface area contributed by atoms with Gasteiger partial charge < -0.3 is 13.8 Å². The van der Waals surface area contributed by atoms with E-state index in [2.05, 4.69) is 13.8 Å². The van der Waals surface area contributed by atoms with Crippen LogP contribution in [-0.2, 0) is 0 Å². The molecule has 0 aromatic rings. The fourth-order valence-corrected chi connectivity index (χ4v) is 0. The summed E-state index contributed by atoms with van der Waals surface area (Å²) in [6, 6.07) is 0. The summed E-state index contributed by atoms with van der Waals surface area (Å²) in [4.78, 5) is 0. The van der Waals surface area contributed by atoms with E-state index in [1.807, 2.05) is 0 Å². The number of hydrogen-bond acceptors (Lipinski definition) is 0. The molecule has 0 amide bonds. The van der Waals surface area contributed by atoms with Crippen LogP contribution < -0.4 is 51.4 Å². The second-order valence-electron chi connectivity index (χ2n) is 0.707. The SMILES string of the molecule is [CH2-]CC[CH2-].[K+]. The van der Waals surface area contributed by atoms with Crippen LogP contribution in [0.5, 0.6) is 0 Å². The number of unbranched alkanes of at least 4 members (excludes halogenated alkanes) is 1. The molecule has 0 bridgehead atoms. The zero-order valence-corrected chi connectivity index (χ0v) is 6.95. The summed E-state index contributed by atoms with van der Waals surface area (Å²) in [5.41, 5.74) is 0. The molecule has 26 valence electrons. The van der Waals surface area contributed by atoms with Crippen LogP contribution in [0.25, 0.3) is 0 Å². The van der Waals surface area contributed by atoms with Crippen molar-refractivity contribution in [1.82, 2.24) is 0 Å². The Balaban J connectivity index is 0. The number of rotatable bonds is 1. The van der Waals surface area contributed by atoms with Crippen LogP contribution in [0.1, 0.15) is 12.8 Å². The topological polar surface area (TPSA) is 0 Å². The van der Waals surface area contributed by atoms with Gasteiger partial charge in [-0.2, -0.15) is 0 Å². The summed E-state index contributed by atoms with van der Waals surface area (Å²) in [5.74, 6) is 0. The molecule has 0 nitrogen and oxygen atoms in total. The summed E-state index contributed by atoms with van der Waals surface area (Å²) in [7, 11) is 0. The largest absolute Gasteiger partial charge is 1.00 e. The van der Waals surface area contributed by atoms with Gasteiger partial charge in [-0.05, 0) is 0 Å². The van der Waals surface area contributed by atoms with E-state index in [0.717, 1.165) is 12.8 Å². The fraction of sp³-hybridized carbons (Fsp3) is 0.500. The van der Waals surface area contributed by atoms with Crippen molar-refractivity contribution in [2.24, 2.45) is 0 Å². The van der Waals surface area contributed by atoms with Gasteiger partial charge in [-0.3, -0.25) is 0 Å². The molecule has 0 spiro atoms. The van der Waals surface area contributed by atoms with E-state index >= 15 is 0 Å². The van der Waals surface area contributed by atoms with Gasteiger partial charge in [0, 0.05) is 0 Å². The molecule has 0 saturated carbocycles. The van der Waals surface area contributed by atoms with Crippen LogP contribution in [0, 0.1) is 13.8 Å². The van der Waals surface area contributed by atoms with E-state index in [4.69, 9.17) is 0 Å². The molecule has 5 heavy (non-hydrogen) atoms. The van der Waals surface area contributed by atoms with Gasteiger partial charge in [0.2, 0.25) is 0 Å². The van der Waals surface area contributed by atoms with Gasteiger partial charge in [0.15, 0.2) is 0 Å². The molecule has 0 aromatic carbocycles. The monoisotopic (exact) mass is 95.0 g/mol. The van der Waals surface area contributed by atoms with E-state index < -0.39 is 0 Å². The van der Waals surface area contributed by atoms with Crippen LogP contribution in [0.4, 0.5) is 0 Å². The average Bonchev–Trinajstić information content (AvgIpc) is 1.37. The second-order valence-corrected chi connectivity index (χ2v) is 0.707. The molecule has 0 heterocycles. The quantitative estimate of drug-likeness (QED) is 0.273. The Kier molecular flexibility index (Phi) is 18.0. The third kappa shape index (κ3) is 10.7. The summed E-state index contributed by atoms with van der Waals surface area (Å²) >= 11 is 0. The molecule has 0 rings (SSSR count). The summed E-state index contributed by atoms with van der Waals surface area (Å²) in [6.45, 7) is 7.08. The molecule has 0 aliphatic rings. The van der Waals surface area contributed by atoms with Crippen molar-refractivity contribution in [3.8, 4) is 0 Å². The third-order valence-electron chi connectivity index (χ3n) is 0.250. The van der Waals surface area contributed by atoms with E-state index in [1.165, 1.54) is 0 Å². The van der Waals surface area contributed by atoms with Crippen molar-refractivity contribution in [2.75, 3.05) is 0 Å². The molecule has 0 fully saturated rings. The Hall–Kier alpha value is 1.64. The van der Waals surface area contributed by atoms with Gasteiger partial charge in [-0.15, -0.1) is 0 Å². The summed E-state index contributed by atoms with van der Waals surface area (Å²) < 4.78 is 0. The molecule has 0 aliphatic carbocycles. The molecule has 0 unspecified atom stereocenters. The predicted octanol–water partition coefficient (Wildman–Crippen LogP) is -1.56. The molecule has 0 N–H and O–H groups in total. The van der Waals surface area contributed by atoms with Gasteiger partial charge in [-0.1, -0.05) is 0 Å². The first-order valence-electron chi connectivity index (χ1n) is 1.50. The summed E-state index contributed by atoms with van der Waals surface area (Å²) in [6.07, 6.45) is 1.92. The zero-order chi connectivity index (χ0) is 3.41. The Bertz CT molecular complexity index is 5.61. The van der Waals surface area contributed by atoms with E-state index in [0.29, 0.717) is 0 Å². The van der Waals surface area contributed by atoms with Crippen molar-refractivity contribution in [3.05, 3.63) is 13.8 Å². The Morgan fingerprint density at radius 2 is 1.20 bits per heavy atom. The molecule has 0 aromatic heterocycles. The number of hydrogen-bond donors (Lipinski definition) is 0. The molecule has 0 radical (unpaired) electrons. The smallest absolute Gasteiger partial charge is 0.346 e. The van der Waals surface area contributed by atoms with Crippen LogP contribution in [-0.4, -0.2) is 0 Å². The van der Waals surface area contributed by atoms with Crippen LogP contribution >= 0.6 is 0 Å². The Labute approximate surface area is 76.8 Å². The van der Waals surface area contributed by atoms with Crippen LogP contribution in [0.2, 0.25) is 0 Å². The molecule has 1 heteroatoms. The minimum absolute atomic E-state index is 0. The van der Waals surface area contributed by atoms with Gasteiger partial charge in [0.1, 0.15) is 0 Å². The predicted molar refractivity (Wildman–Crippen MR) is 19.9 cm³/mol. The van der Waals surface area contributed by atoms with Gasteiger partial charge in [0.25, 0.3) is 0 Å². The van der Waals surface area contributed by atoms with Crippen molar-refractivity contribution >= 4 is 0 Å². The van der Waals surface area contributed by atoms with Crippen molar-refractivity contribution < 1.29 is 51.4 Å². The molecule has 0 aliphatic heterocycles. The van der Waals surface area contributed by atoms with Gasteiger partial charge >= 0.3 is 51.4 Å². The van der Waals surface area contributed by atoms with E-state index in [1.54, 1.807) is 0 Å². The van der Waals surface area contributed by atoms with Crippen LogP contribution in [0.3, 0.4) is 0 Å². The normalized spacial score (nSPS) is 6.00. The molecule has 0 saturated heterocycles. The third-order valence-corrected chi connectivity index (χ3v) is 0.250. The van der Waals surface area contributed by atoms with Crippen molar-refractivity contribution in [2.45, 2.75) is 12.8 Å². The zero-order valence-electron chi connectivity index (χ0n) is 3.83. The molecular formula is C4H8K-. The first kappa shape index (κ1) is 9.81. The van der Waals surface area contributed by atoms with Gasteiger partial charge in [0.05, 0.1) is 0 Å².